The van der Waals surface area contributed by atoms with Crippen molar-refractivity contribution in [3.8, 4) is 0 Å². The van der Waals surface area contributed by atoms with Crippen molar-refractivity contribution in [2.24, 2.45) is 0 Å². The molecule has 0 bridgehead atoms. The second-order valence-electron chi connectivity index (χ2n) is 6.77. The van der Waals surface area contributed by atoms with Gasteiger partial charge in [0.1, 0.15) is 0 Å². The number of esters is 1. The van der Waals surface area contributed by atoms with Crippen LogP contribution in [0.25, 0.3) is 16.7 Å². The van der Waals surface area contributed by atoms with Gasteiger partial charge in [-0.3, -0.25) is 0 Å². The molecule has 1 aliphatic heterocycles. The normalized spacial score (nSPS) is 15.3. The molecule has 2 heteroatoms. The second kappa shape index (κ2) is 6.40. The number of carbonyl (C=O) groups excluding carboxylic acids is 1. The number of allylic oxidation sites excluding steroid dienone is 1. The highest BCUT2D eigenvalue weighted by molar-refractivity contribution is 6.28. The molecular weight excluding hydrogens is 332 g/mol. The van der Waals surface area contributed by atoms with E-state index in [9.17, 15) is 4.79 Å². The first kappa shape index (κ1) is 15.8. The first-order chi connectivity index (χ1) is 13.3. The molecule has 27 heavy (non-hydrogen) atoms. The monoisotopic (exact) mass is 350 g/mol. The largest absolute Gasteiger partial charge is 0.462 e. The standard InChI is InChI=1S/C25H18O2/c26-25-24-20-14-8-7-13-19(20)23(21(24)15-16-27-25)22(17-9-3-1-4-10-17)18-11-5-2-6-12-18/h1-14H,15-16H2. The van der Waals surface area contributed by atoms with E-state index < -0.39 is 0 Å². The zero-order valence-electron chi connectivity index (χ0n) is 14.8. The molecule has 130 valence electrons. The predicted octanol–water partition coefficient (Wildman–Crippen LogP) is 5.36. The van der Waals surface area contributed by atoms with Crippen LogP contribution >= 0.6 is 0 Å². The molecule has 0 fully saturated rings. The van der Waals surface area contributed by atoms with Crippen molar-refractivity contribution in [1.29, 1.82) is 0 Å². The summed E-state index contributed by atoms with van der Waals surface area (Å²) >= 11 is 0. The van der Waals surface area contributed by atoms with Crippen molar-refractivity contribution in [3.63, 3.8) is 0 Å². The van der Waals surface area contributed by atoms with Gasteiger partial charge in [-0.05, 0) is 39.0 Å². The van der Waals surface area contributed by atoms with Crippen LogP contribution in [0.1, 0.15) is 28.7 Å². The molecule has 0 aromatic heterocycles. The van der Waals surface area contributed by atoms with Gasteiger partial charge in [-0.1, -0.05) is 84.9 Å². The summed E-state index contributed by atoms with van der Waals surface area (Å²) in [6.45, 7) is 0.437. The molecule has 0 atom stereocenters. The van der Waals surface area contributed by atoms with Crippen LogP contribution in [-0.2, 0) is 9.53 Å². The van der Waals surface area contributed by atoms with Crippen LogP contribution < -0.4 is 0 Å². The molecule has 0 spiro atoms. The predicted molar refractivity (Wildman–Crippen MR) is 108 cm³/mol. The number of benzene rings is 3. The summed E-state index contributed by atoms with van der Waals surface area (Å²) in [4.78, 5) is 12.6. The fourth-order valence-corrected chi connectivity index (χ4v) is 4.12. The minimum Gasteiger partial charge on any atom is -0.462 e. The topological polar surface area (TPSA) is 26.3 Å². The SMILES string of the molecule is O=C1OCCC2=C1c1ccccc1C2=C(c1ccccc1)c1ccccc1. The summed E-state index contributed by atoms with van der Waals surface area (Å²) in [7, 11) is 0. The number of cyclic esters (lactones) is 1. The van der Waals surface area contributed by atoms with Gasteiger partial charge in [0.25, 0.3) is 0 Å². The zero-order valence-corrected chi connectivity index (χ0v) is 14.8. The van der Waals surface area contributed by atoms with E-state index in [1.165, 1.54) is 5.57 Å². The van der Waals surface area contributed by atoms with E-state index in [1.807, 2.05) is 30.3 Å². The maximum atomic E-state index is 12.6. The van der Waals surface area contributed by atoms with E-state index in [-0.39, 0.29) is 5.97 Å². The minimum absolute atomic E-state index is 0.209. The van der Waals surface area contributed by atoms with Gasteiger partial charge in [-0.15, -0.1) is 0 Å². The summed E-state index contributed by atoms with van der Waals surface area (Å²) in [5, 5.41) is 0. The summed E-state index contributed by atoms with van der Waals surface area (Å²) in [6, 6.07) is 29.0. The third-order valence-corrected chi connectivity index (χ3v) is 5.23. The lowest BCUT2D eigenvalue weighted by molar-refractivity contribution is -0.137. The Morgan fingerprint density at radius 2 is 1.26 bits per heavy atom. The maximum Gasteiger partial charge on any atom is 0.339 e. The van der Waals surface area contributed by atoms with Crippen LogP contribution in [0.3, 0.4) is 0 Å². The van der Waals surface area contributed by atoms with Crippen molar-refractivity contribution >= 4 is 22.7 Å². The van der Waals surface area contributed by atoms with Crippen LogP contribution in [-0.4, -0.2) is 12.6 Å². The summed E-state index contributed by atoms with van der Waals surface area (Å²) in [6.07, 6.45) is 0.744. The van der Waals surface area contributed by atoms with E-state index in [0.717, 1.165) is 45.4 Å². The summed E-state index contributed by atoms with van der Waals surface area (Å²) in [5.41, 5.74) is 8.58. The minimum atomic E-state index is -0.209. The van der Waals surface area contributed by atoms with Crippen molar-refractivity contribution in [3.05, 3.63) is 113 Å². The molecule has 2 aliphatic rings. The Morgan fingerprint density at radius 3 is 1.89 bits per heavy atom. The third kappa shape index (κ3) is 2.53. The quantitative estimate of drug-likeness (QED) is 0.582. The highest BCUT2D eigenvalue weighted by Crippen LogP contribution is 2.49. The van der Waals surface area contributed by atoms with Crippen molar-refractivity contribution < 1.29 is 9.53 Å². The van der Waals surface area contributed by atoms with Crippen LogP contribution in [0.5, 0.6) is 0 Å². The lowest BCUT2D eigenvalue weighted by atomic mass is 9.87. The van der Waals surface area contributed by atoms with Gasteiger partial charge in [-0.2, -0.15) is 0 Å². The smallest absolute Gasteiger partial charge is 0.339 e. The van der Waals surface area contributed by atoms with E-state index in [4.69, 9.17) is 4.74 Å². The molecule has 0 radical (unpaired) electrons. The fraction of sp³-hybridized carbons (Fsp3) is 0.0800. The average molecular weight is 350 g/mol. The lowest BCUT2D eigenvalue weighted by Crippen LogP contribution is -2.14. The van der Waals surface area contributed by atoms with Gasteiger partial charge in [-0.25, -0.2) is 4.79 Å². The molecule has 3 aromatic rings. The van der Waals surface area contributed by atoms with Gasteiger partial charge in [0, 0.05) is 6.42 Å². The van der Waals surface area contributed by atoms with E-state index in [0.29, 0.717) is 6.61 Å². The fourth-order valence-electron chi connectivity index (χ4n) is 4.12. The van der Waals surface area contributed by atoms with Gasteiger partial charge < -0.3 is 4.74 Å². The third-order valence-electron chi connectivity index (χ3n) is 5.23. The average Bonchev–Trinajstić information content (AvgIpc) is 3.06. The Kier molecular flexibility index (Phi) is 3.75. The molecule has 2 nitrogen and oxygen atoms in total. The Balaban J connectivity index is 1.90. The first-order valence-corrected chi connectivity index (χ1v) is 9.20. The molecular formula is C25H18O2. The molecule has 1 aliphatic carbocycles. The van der Waals surface area contributed by atoms with Crippen molar-refractivity contribution in [2.75, 3.05) is 6.61 Å². The second-order valence-corrected chi connectivity index (χ2v) is 6.77. The number of hydrogen-bond donors (Lipinski definition) is 0. The van der Waals surface area contributed by atoms with Crippen LogP contribution in [0, 0.1) is 0 Å². The summed E-state index contributed by atoms with van der Waals surface area (Å²) < 4.78 is 5.37. The van der Waals surface area contributed by atoms with Crippen molar-refractivity contribution in [2.45, 2.75) is 6.42 Å². The van der Waals surface area contributed by atoms with E-state index in [1.54, 1.807) is 0 Å². The van der Waals surface area contributed by atoms with Crippen LogP contribution in [0.15, 0.2) is 90.5 Å². The van der Waals surface area contributed by atoms with E-state index in [2.05, 4.69) is 54.6 Å². The Labute approximate surface area is 158 Å². The van der Waals surface area contributed by atoms with Crippen molar-refractivity contribution in [1.82, 2.24) is 0 Å². The lowest BCUT2D eigenvalue weighted by Gasteiger charge is -2.19. The molecule has 0 amide bonds. The molecule has 0 saturated carbocycles. The highest BCUT2D eigenvalue weighted by Gasteiger charge is 2.35. The summed E-state index contributed by atoms with van der Waals surface area (Å²) in [5.74, 6) is -0.209. The van der Waals surface area contributed by atoms with E-state index >= 15 is 0 Å². The molecule has 0 unspecified atom stereocenters. The van der Waals surface area contributed by atoms with Crippen LogP contribution in [0.4, 0.5) is 0 Å². The molecule has 0 N–H and O–H groups in total. The highest BCUT2D eigenvalue weighted by atomic mass is 16.5. The molecule has 3 aromatic carbocycles. The van der Waals surface area contributed by atoms with Gasteiger partial charge in [0.05, 0.1) is 12.2 Å². The molecule has 5 rings (SSSR count). The molecule has 1 heterocycles. The number of fused-ring (bicyclic) bond motifs is 2. The number of ether oxygens (including phenoxy) is 1. The van der Waals surface area contributed by atoms with Gasteiger partial charge in [0.15, 0.2) is 0 Å². The first-order valence-electron chi connectivity index (χ1n) is 9.20. The number of carbonyl (C=O) groups is 1. The Bertz CT molecular complexity index is 1050. The van der Waals surface area contributed by atoms with Gasteiger partial charge >= 0.3 is 5.97 Å². The Hall–Kier alpha value is -3.39. The zero-order chi connectivity index (χ0) is 18.2. The van der Waals surface area contributed by atoms with Gasteiger partial charge in [0.2, 0.25) is 0 Å². The number of hydrogen-bond acceptors (Lipinski definition) is 2. The van der Waals surface area contributed by atoms with Crippen LogP contribution in [0.2, 0.25) is 0 Å². The Morgan fingerprint density at radius 1 is 0.704 bits per heavy atom. The number of rotatable bonds is 2. The maximum absolute atomic E-state index is 12.6. The molecule has 0 saturated heterocycles.